The van der Waals surface area contributed by atoms with Gasteiger partial charge in [-0.3, -0.25) is 0 Å². The van der Waals surface area contributed by atoms with Crippen molar-refractivity contribution < 1.29 is 4.74 Å². The maximum atomic E-state index is 5.99. The summed E-state index contributed by atoms with van der Waals surface area (Å²) in [6.07, 6.45) is 2.77. The molecule has 2 nitrogen and oxygen atoms in total. The first-order valence-electron chi connectivity index (χ1n) is 5.73. The molecule has 1 spiro atoms. The molecule has 1 aromatic rings. The maximum absolute atomic E-state index is 5.99. The summed E-state index contributed by atoms with van der Waals surface area (Å²) in [7, 11) is 0. The van der Waals surface area contributed by atoms with Crippen molar-refractivity contribution in [3.05, 3.63) is 35.9 Å². The molecular weight excluding hydrogens is 186 g/mol. The molecule has 0 unspecified atom stereocenters. The predicted octanol–water partition coefficient (Wildman–Crippen LogP) is 2.27. The van der Waals surface area contributed by atoms with E-state index in [1.165, 1.54) is 18.4 Å². The molecule has 1 aliphatic carbocycles. The van der Waals surface area contributed by atoms with E-state index in [4.69, 9.17) is 4.74 Å². The molecular formula is C13H17NO. The molecule has 1 heterocycles. The summed E-state index contributed by atoms with van der Waals surface area (Å²) in [5, 5.41) is 3.69. The fraction of sp³-hybridized carbons (Fsp3) is 0.538. The van der Waals surface area contributed by atoms with Crippen LogP contribution in [0.5, 0.6) is 0 Å². The lowest BCUT2D eigenvalue weighted by Crippen LogP contribution is -2.50. The van der Waals surface area contributed by atoms with Gasteiger partial charge in [-0.05, 0) is 25.3 Å². The van der Waals surface area contributed by atoms with Gasteiger partial charge in [0.25, 0.3) is 0 Å². The van der Waals surface area contributed by atoms with E-state index in [1.807, 2.05) is 6.07 Å². The average Bonchev–Trinajstić information content (AvgIpc) is 2.99. The van der Waals surface area contributed by atoms with Gasteiger partial charge in [0.05, 0.1) is 12.7 Å². The molecule has 1 saturated heterocycles. The molecule has 1 saturated carbocycles. The molecule has 2 atom stereocenters. The van der Waals surface area contributed by atoms with Gasteiger partial charge in [-0.2, -0.15) is 0 Å². The van der Waals surface area contributed by atoms with Gasteiger partial charge in [-0.25, -0.2) is 0 Å². The van der Waals surface area contributed by atoms with E-state index < -0.39 is 0 Å². The van der Waals surface area contributed by atoms with Gasteiger partial charge in [0.1, 0.15) is 0 Å². The maximum Gasteiger partial charge on any atom is 0.0976 e. The second-order valence-corrected chi connectivity index (χ2v) is 4.86. The second-order valence-electron chi connectivity index (χ2n) is 4.86. The lowest BCUT2D eigenvalue weighted by molar-refractivity contribution is -0.0318. The molecule has 15 heavy (non-hydrogen) atoms. The van der Waals surface area contributed by atoms with Crippen LogP contribution in [0.25, 0.3) is 0 Å². The Balaban J connectivity index is 1.77. The normalized spacial score (nSPS) is 32.9. The Morgan fingerprint density at radius 3 is 2.60 bits per heavy atom. The highest BCUT2D eigenvalue weighted by molar-refractivity contribution is 5.21. The zero-order chi connectivity index (χ0) is 10.3. The fourth-order valence-electron chi connectivity index (χ4n) is 2.46. The first-order valence-corrected chi connectivity index (χ1v) is 5.73. The minimum Gasteiger partial charge on any atom is -0.370 e. The van der Waals surface area contributed by atoms with Gasteiger partial charge in [0, 0.05) is 11.6 Å². The minimum absolute atomic E-state index is 0.220. The van der Waals surface area contributed by atoms with E-state index in [-0.39, 0.29) is 6.10 Å². The van der Waals surface area contributed by atoms with E-state index in [2.05, 4.69) is 36.5 Å². The van der Waals surface area contributed by atoms with Crippen molar-refractivity contribution in [2.24, 2.45) is 0 Å². The van der Waals surface area contributed by atoms with Crippen molar-refractivity contribution in [1.29, 1.82) is 0 Å². The van der Waals surface area contributed by atoms with Crippen LogP contribution in [0.2, 0.25) is 0 Å². The van der Waals surface area contributed by atoms with Crippen LogP contribution in [0.1, 0.15) is 31.4 Å². The van der Waals surface area contributed by atoms with Gasteiger partial charge in [0.2, 0.25) is 0 Å². The molecule has 80 valence electrons. The van der Waals surface area contributed by atoms with Crippen molar-refractivity contribution >= 4 is 0 Å². The standard InChI is InChI=1S/C13H17NO/c1-10-12(11-5-3-2-4-6-11)15-9-13(14-10)7-8-13/h2-6,10,12,14H,7-9H2,1H3/t10-,12+/m1/s1. The summed E-state index contributed by atoms with van der Waals surface area (Å²) in [6, 6.07) is 10.9. The Morgan fingerprint density at radius 2 is 2.00 bits per heavy atom. The monoisotopic (exact) mass is 203 g/mol. The SMILES string of the molecule is C[C@H]1NC2(CC2)CO[C@@H]1c1ccccc1. The number of hydrogen-bond donors (Lipinski definition) is 1. The zero-order valence-corrected chi connectivity index (χ0v) is 9.07. The zero-order valence-electron chi connectivity index (χ0n) is 9.07. The number of ether oxygens (including phenoxy) is 1. The molecule has 0 bridgehead atoms. The third-order valence-corrected chi connectivity index (χ3v) is 3.51. The molecule has 0 radical (unpaired) electrons. The molecule has 1 aliphatic heterocycles. The van der Waals surface area contributed by atoms with E-state index in [0.717, 1.165) is 6.61 Å². The van der Waals surface area contributed by atoms with Crippen LogP contribution in [-0.4, -0.2) is 18.2 Å². The third kappa shape index (κ3) is 1.68. The summed E-state index contributed by atoms with van der Waals surface area (Å²) >= 11 is 0. The van der Waals surface area contributed by atoms with Gasteiger partial charge >= 0.3 is 0 Å². The Kier molecular flexibility index (Phi) is 2.08. The summed E-state index contributed by atoms with van der Waals surface area (Å²) < 4.78 is 5.99. The lowest BCUT2D eigenvalue weighted by Gasteiger charge is -2.36. The summed E-state index contributed by atoms with van der Waals surface area (Å²) in [6.45, 7) is 3.09. The van der Waals surface area contributed by atoms with Crippen molar-refractivity contribution in [2.45, 2.75) is 37.5 Å². The Labute approximate surface area is 90.6 Å². The summed E-state index contributed by atoms with van der Waals surface area (Å²) in [5.74, 6) is 0. The molecule has 1 N–H and O–H groups in total. The number of benzene rings is 1. The van der Waals surface area contributed by atoms with Crippen LogP contribution in [-0.2, 0) is 4.74 Å². The largest absolute Gasteiger partial charge is 0.370 e. The van der Waals surface area contributed by atoms with E-state index in [1.54, 1.807) is 0 Å². The summed E-state index contributed by atoms with van der Waals surface area (Å²) in [5.41, 5.74) is 1.62. The van der Waals surface area contributed by atoms with E-state index in [9.17, 15) is 0 Å². The lowest BCUT2D eigenvalue weighted by atomic mass is 10.00. The predicted molar refractivity (Wildman–Crippen MR) is 59.7 cm³/mol. The molecule has 2 aliphatic rings. The van der Waals surface area contributed by atoms with Gasteiger partial charge < -0.3 is 10.1 Å². The van der Waals surface area contributed by atoms with Gasteiger partial charge in [-0.15, -0.1) is 0 Å². The van der Waals surface area contributed by atoms with Gasteiger partial charge in [0.15, 0.2) is 0 Å². The Bertz CT molecular complexity index is 345. The second kappa shape index (κ2) is 3.32. The van der Waals surface area contributed by atoms with Crippen LogP contribution in [0.3, 0.4) is 0 Å². The van der Waals surface area contributed by atoms with Crippen LogP contribution in [0.4, 0.5) is 0 Å². The highest BCUT2D eigenvalue weighted by Crippen LogP contribution is 2.42. The number of morpholine rings is 1. The van der Waals surface area contributed by atoms with Crippen LogP contribution in [0.15, 0.2) is 30.3 Å². The molecule has 2 heteroatoms. The van der Waals surface area contributed by atoms with Crippen molar-refractivity contribution in [2.75, 3.05) is 6.61 Å². The van der Waals surface area contributed by atoms with E-state index >= 15 is 0 Å². The quantitative estimate of drug-likeness (QED) is 0.756. The van der Waals surface area contributed by atoms with Gasteiger partial charge in [-0.1, -0.05) is 30.3 Å². The first kappa shape index (κ1) is 9.37. The molecule has 0 aromatic heterocycles. The minimum atomic E-state index is 0.220. The fourth-order valence-corrected chi connectivity index (χ4v) is 2.46. The highest BCUT2D eigenvalue weighted by atomic mass is 16.5. The third-order valence-electron chi connectivity index (χ3n) is 3.51. The Morgan fingerprint density at radius 1 is 1.27 bits per heavy atom. The average molecular weight is 203 g/mol. The van der Waals surface area contributed by atoms with Crippen LogP contribution < -0.4 is 5.32 Å². The Hall–Kier alpha value is -0.860. The smallest absolute Gasteiger partial charge is 0.0976 e. The van der Waals surface area contributed by atoms with Crippen molar-refractivity contribution in [1.82, 2.24) is 5.32 Å². The van der Waals surface area contributed by atoms with Crippen molar-refractivity contribution in [3.8, 4) is 0 Å². The molecule has 1 aromatic carbocycles. The molecule has 0 amide bonds. The molecule has 2 fully saturated rings. The highest BCUT2D eigenvalue weighted by Gasteiger charge is 2.48. The number of nitrogens with one attached hydrogen (secondary N) is 1. The first-order chi connectivity index (χ1) is 7.29. The number of hydrogen-bond acceptors (Lipinski definition) is 2. The topological polar surface area (TPSA) is 21.3 Å². The van der Waals surface area contributed by atoms with E-state index in [0.29, 0.717) is 11.6 Å². The van der Waals surface area contributed by atoms with Crippen LogP contribution in [0, 0.1) is 0 Å². The summed E-state index contributed by atoms with van der Waals surface area (Å²) in [4.78, 5) is 0. The number of rotatable bonds is 1. The van der Waals surface area contributed by atoms with Crippen molar-refractivity contribution in [3.63, 3.8) is 0 Å². The molecule has 3 rings (SSSR count). The van der Waals surface area contributed by atoms with Crippen LogP contribution >= 0.6 is 0 Å².